The SMILES string of the molecule is CCNCc1cc(CN2CCCC(C)(C)C2)c(C)s1. The van der Waals surface area contributed by atoms with Gasteiger partial charge < -0.3 is 5.32 Å². The Morgan fingerprint density at radius 3 is 2.89 bits per heavy atom. The molecule has 0 unspecified atom stereocenters. The van der Waals surface area contributed by atoms with Crippen LogP contribution in [0.5, 0.6) is 0 Å². The molecule has 108 valence electrons. The topological polar surface area (TPSA) is 15.3 Å². The highest BCUT2D eigenvalue weighted by molar-refractivity contribution is 7.12. The molecule has 2 nitrogen and oxygen atoms in total. The van der Waals surface area contributed by atoms with E-state index in [1.165, 1.54) is 41.2 Å². The van der Waals surface area contributed by atoms with E-state index in [0.717, 1.165) is 19.6 Å². The molecule has 19 heavy (non-hydrogen) atoms. The molecule has 1 aromatic heterocycles. The highest BCUT2D eigenvalue weighted by Crippen LogP contribution is 2.30. The molecule has 0 radical (unpaired) electrons. The first-order valence-electron chi connectivity index (χ1n) is 7.51. The predicted octanol–water partition coefficient (Wildman–Crippen LogP) is 3.79. The van der Waals surface area contributed by atoms with E-state index in [2.05, 4.69) is 44.0 Å². The van der Waals surface area contributed by atoms with Crippen LogP contribution in [0.2, 0.25) is 0 Å². The Morgan fingerprint density at radius 2 is 2.21 bits per heavy atom. The molecule has 0 aromatic carbocycles. The quantitative estimate of drug-likeness (QED) is 0.883. The first kappa shape index (κ1) is 15.0. The van der Waals surface area contributed by atoms with E-state index in [0.29, 0.717) is 5.41 Å². The Morgan fingerprint density at radius 1 is 1.42 bits per heavy atom. The first-order valence-corrected chi connectivity index (χ1v) is 8.33. The summed E-state index contributed by atoms with van der Waals surface area (Å²) in [4.78, 5) is 5.61. The van der Waals surface area contributed by atoms with Crippen molar-refractivity contribution in [3.63, 3.8) is 0 Å². The Labute approximate surface area is 122 Å². The van der Waals surface area contributed by atoms with Gasteiger partial charge in [0.2, 0.25) is 0 Å². The number of aryl methyl sites for hydroxylation is 1. The molecule has 0 amide bonds. The maximum absolute atomic E-state index is 3.42. The summed E-state index contributed by atoms with van der Waals surface area (Å²) in [6.45, 7) is 14.9. The molecular weight excluding hydrogens is 252 g/mol. The molecule has 0 spiro atoms. The lowest BCUT2D eigenvalue weighted by molar-refractivity contribution is 0.111. The van der Waals surface area contributed by atoms with E-state index in [9.17, 15) is 0 Å². The fourth-order valence-corrected chi connectivity index (χ4v) is 4.02. The number of thiophene rings is 1. The maximum atomic E-state index is 3.42. The van der Waals surface area contributed by atoms with E-state index in [1.54, 1.807) is 0 Å². The minimum atomic E-state index is 0.495. The van der Waals surface area contributed by atoms with Crippen LogP contribution in [0, 0.1) is 12.3 Å². The van der Waals surface area contributed by atoms with Gasteiger partial charge in [-0.05, 0) is 49.9 Å². The monoisotopic (exact) mass is 280 g/mol. The molecule has 1 aromatic rings. The molecule has 1 aliphatic heterocycles. The van der Waals surface area contributed by atoms with Crippen LogP contribution in [0.4, 0.5) is 0 Å². The highest BCUT2D eigenvalue weighted by atomic mass is 32.1. The van der Waals surface area contributed by atoms with Crippen LogP contribution in [0.1, 0.15) is 48.9 Å². The van der Waals surface area contributed by atoms with Gasteiger partial charge in [0.1, 0.15) is 0 Å². The van der Waals surface area contributed by atoms with Gasteiger partial charge in [-0.2, -0.15) is 0 Å². The molecule has 1 N–H and O–H groups in total. The Hall–Kier alpha value is -0.380. The van der Waals surface area contributed by atoms with Gasteiger partial charge in [0, 0.05) is 29.4 Å². The zero-order chi connectivity index (χ0) is 13.9. The van der Waals surface area contributed by atoms with Gasteiger partial charge in [-0.15, -0.1) is 11.3 Å². The second-order valence-electron chi connectivity index (χ2n) is 6.55. The number of nitrogens with zero attached hydrogens (tertiary/aromatic N) is 1. The normalized spacial score (nSPS) is 19.8. The van der Waals surface area contributed by atoms with E-state index >= 15 is 0 Å². The van der Waals surface area contributed by atoms with Gasteiger partial charge in [0.05, 0.1) is 0 Å². The minimum absolute atomic E-state index is 0.495. The van der Waals surface area contributed by atoms with Crippen molar-refractivity contribution in [2.45, 2.75) is 53.6 Å². The van der Waals surface area contributed by atoms with E-state index in [4.69, 9.17) is 0 Å². The smallest absolute Gasteiger partial charge is 0.0299 e. The van der Waals surface area contributed by atoms with Crippen molar-refractivity contribution >= 4 is 11.3 Å². The zero-order valence-corrected chi connectivity index (χ0v) is 13.7. The number of hydrogen-bond acceptors (Lipinski definition) is 3. The summed E-state index contributed by atoms with van der Waals surface area (Å²) in [5, 5.41) is 3.42. The number of hydrogen-bond donors (Lipinski definition) is 1. The van der Waals surface area contributed by atoms with Crippen molar-refractivity contribution in [3.8, 4) is 0 Å². The summed E-state index contributed by atoms with van der Waals surface area (Å²) < 4.78 is 0. The Balaban J connectivity index is 1.96. The largest absolute Gasteiger partial charge is 0.312 e. The average Bonchev–Trinajstić information content (AvgIpc) is 2.66. The van der Waals surface area contributed by atoms with E-state index in [1.807, 2.05) is 11.3 Å². The number of nitrogens with one attached hydrogen (secondary N) is 1. The van der Waals surface area contributed by atoms with Crippen molar-refractivity contribution in [1.29, 1.82) is 0 Å². The summed E-state index contributed by atoms with van der Waals surface area (Å²) >= 11 is 1.95. The standard InChI is InChI=1S/C16H28N2S/c1-5-17-10-15-9-14(13(2)19-15)11-18-8-6-7-16(3,4)12-18/h9,17H,5-8,10-12H2,1-4H3. The van der Waals surface area contributed by atoms with Crippen molar-refractivity contribution in [2.24, 2.45) is 5.41 Å². The molecule has 1 aliphatic rings. The molecular formula is C16H28N2S. The molecule has 0 bridgehead atoms. The molecule has 1 saturated heterocycles. The third kappa shape index (κ3) is 4.30. The maximum Gasteiger partial charge on any atom is 0.0299 e. The number of likely N-dealkylation sites (tertiary alicyclic amines) is 1. The average molecular weight is 280 g/mol. The van der Waals surface area contributed by atoms with Gasteiger partial charge in [0.25, 0.3) is 0 Å². The van der Waals surface area contributed by atoms with Crippen molar-refractivity contribution in [2.75, 3.05) is 19.6 Å². The fraction of sp³-hybridized carbons (Fsp3) is 0.750. The van der Waals surface area contributed by atoms with Gasteiger partial charge >= 0.3 is 0 Å². The van der Waals surface area contributed by atoms with Crippen LogP contribution in [0.15, 0.2) is 6.07 Å². The molecule has 2 heterocycles. The second kappa shape index (κ2) is 6.38. The van der Waals surface area contributed by atoms with Crippen LogP contribution in [-0.4, -0.2) is 24.5 Å². The predicted molar refractivity (Wildman–Crippen MR) is 84.7 cm³/mol. The summed E-state index contributed by atoms with van der Waals surface area (Å²) in [5.41, 5.74) is 2.03. The summed E-state index contributed by atoms with van der Waals surface area (Å²) in [7, 11) is 0. The third-order valence-corrected chi connectivity index (χ3v) is 5.09. The van der Waals surface area contributed by atoms with Crippen molar-refractivity contribution in [3.05, 3.63) is 21.4 Å². The summed E-state index contributed by atoms with van der Waals surface area (Å²) in [5.74, 6) is 0. The van der Waals surface area contributed by atoms with Gasteiger partial charge in [-0.3, -0.25) is 4.90 Å². The lowest BCUT2D eigenvalue weighted by Gasteiger charge is -2.38. The highest BCUT2D eigenvalue weighted by Gasteiger charge is 2.26. The number of piperidine rings is 1. The zero-order valence-electron chi connectivity index (χ0n) is 12.9. The Kier molecular flexibility index (Phi) is 5.04. The molecule has 0 aliphatic carbocycles. The van der Waals surface area contributed by atoms with Crippen LogP contribution >= 0.6 is 11.3 Å². The molecule has 3 heteroatoms. The molecule has 0 saturated carbocycles. The van der Waals surface area contributed by atoms with E-state index < -0.39 is 0 Å². The Bertz CT molecular complexity index is 409. The van der Waals surface area contributed by atoms with Gasteiger partial charge in [0.15, 0.2) is 0 Å². The summed E-state index contributed by atoms with van der Waals surface area (Å²) in [6.07, 6.45) is 2.72. The van der Waals surface area contributed by atoms with E-state index in [-0.39, 0.29) is 0 Å². The van der Waals surface area contributed by atoms with Crippen LogP contribution in [-0.2, 0) is 13.1 Å². The third-order valence-electron chi connectivity index (χ3n) is 3.99. The second-order valence-corrected chi connectivity index (χ2v) is 7.89. The summed E-state index contributed by atoms with van der Waals surface area (Å²) in [6, 6.07) is 2.41. The lowest BCUT2D eigenvalue weighted by atomic mass is 9.84. The minimum Gasteiger partial charge on any atom is -0.312 e. The van der Waals surface area contributed by atoms with Gasteiger partial charge in [-0.1, -0.05) is 20.8 Å². The van der Waals surface area contributed by atoms with Crippen LogP contribution < -0.4 is 5.32 Å². The van der Waals surface area contributed by atoms with Gasteiger partial charge in [-0.25, -0.2) is 0 Å². The molecule has 0 atom stereocenters. The first-order chi connectivity index (χ1) is 9.00. The molecule has 1 fully saturated rings. The fourth-order valence-electron chi connectivity index (χ4n) is 3.00. The van der Waals surface area contributed by atoms with Crippen molar-refractivity contribution in [1.82, 2.24) is 10.2 Å². The lowest BCUT2D eigenvalue weighted by Crippen LogP contribution is -2.39. The van der Waals surface area contributed by atoms with Crippen LogP contribution in [0.3, 0.4) is 0 Å². The number of rotatable bonds is 5. The van der Waals surface area contributed by atoms with Crippen molar-refractivity contribution < 1.29 is 0 Å². The van der Waals surface area contributed by atoms with Crippen LogP contribution in [0.25, 0.3) is 0 Å². The molecule has 2 rings (SSSR count).